The lowest BCUT2D eigenvalue weighted by molar-refractivity contribution is -0.149. The van der Waals surface area contributed by atoms with Crippen LogP contribution in [0.5, 0.6) is 5.88 Å². The molecule has 21 heavy (non-hydrogen) atoms. The van der Waals surface area contributed by atoms with Gasteiger partial charge in [-0.15, -0.1) is 10.2 Å². The molecule has 0 saturated heterocycles. The lowest BCUT2D eigenvalue weighted by Gasteiger charge is -2.18. The number of nitrogens with zero attached hydrogens (tertiary/aromatic N) is 2. The zero-order chi connectivity index (χ0) is 16.0. The normalized spacial score (nSPS) is 11.9. The number of hydrogen-bond acceptors (Lipinski definition) is 7. The van der Waals surface area contributed by atoms with Gasteiger partial charge < -0.3 is 14.2 Å². The molecule has 0 fully saturated rings. The summed E-state index contributed by atoms with van der Waals surface area (Å²) in [5, 5.41) is 7.56. The highest BCUT2D eigenvalue weighted by atomic mass is 16.6. The Labute approximate surface area is 123 Å². The van der Waals surface area contributed by atoms with Crippen LogP contribution < -0.4 is 4.74 Å². The first-order valence-corrected chi connectivity index (χ1v) is 6.56. The van der Waals surface area contributed by atoms with Gasteiger partial charge in [0, 0.05) is 5.56 Å². The summed E-state index contributed by atoms with van der Waals surface area (Å²) in [5.41, 5.74) is 0.670. The Balaban J connectivity index is 2.93. The highest BCUT2D eigenvalue weighted by Gasteiger charge is 2.24. The molecule has 0 N–H and O–H groups in total. The van der Waals surface area contributed by atoms with Crippen molar-refractivity contribution in [1.29, 1.82) is 0 Å². The molecular weight excluding hydrogens is 276 g/mol. The van der Waals surface area contributed by atoms with Gasteiger partial charge in [0.2, 0.25) is 5.88 Å². The van der Waals surface area contributed by atoms with E-state index < -0.39 is 18.0 Å². The number of methoxy groups -OCH3 is 2. The summed E-state index contributed by atoms with van der Waals surface area (Å²) < 4.78 is 14.9. The van der Waals surface area contributed by atoms with Crippen molar-refractivity contribution in [2.45, 2.75) is 33.3 Å². The van der Waals surface area contributed by atoms with Gasteiger partial charge >= 0.3 is 11.9 Å². The maximum absolute atomic E-state index is 11.7. The van der Waals surface area contributed by atoms with Gasteiger partial charge in [0.15, 0.2) is 11.8 Å². The lowest BCUT2D eigenvalue weighted by atomic mass is 10.1. The number of aryl methyl sites for hydroxylation is 1. The van der Waals surface area contributed by atoms with Crippen LogP contribution >= 0.6 is 0 Å². The van der Waals surface area contributed by atoms with Crippen molar-refractivity contribution in [2.75, 3.05) is 14.2 Å². The summed E-state index contributed by atoms with van der Waals surface area (Å²) in [5.74, 6) is -0.610. The molecule has 0 radical (unpaired) electrons. The minimum Gasteiger partial charge on any atom is -0.466 e. The van der Waals surface area contributed by atoms with Gasteiger partial charge in [-0.05, 0) is 25.3 Å². The van der Waals surface area contributed by atoms with Crippen molar-refractivity contribution in [2.24, 2.45) is 5.92 Å². The first-order valence-electron chi connectivity index (χ1n) is 6.56. The molecule has 1 rings (SSSR count). The SMILES string of the molecule is COC(=O)c1cc(C)c(OC(CC(C)C)C(=O)OC)nn1. The van der Waals surface area contributed by atoms with E-state index >= 15 is 0 Å². The Bertz CT molecular complexity index is 516. The number of aromatic nitrogens is 2. The number of carbonyl (C=O) groups is 2. The van der Waals surface area contributed by atoms with E-state index in [0.717, 1.165) is 0 Å². The van der Waals surface area contributed by atoms with Crippen LogP contribution in [0.1, 0.15) is 36.3 Å². The molecule has 7 heteroatoms. The lowest BCUT2D eigenvalue weighted by Crippen LogP contribution is -2.30. The monoisotopic (exact) mass is 296 g/mol. The molecule has 1 atom stereocenters. The minimum atomic E-state index is -0.757. The Morgan fingerprint density at radius 3 is 2.33 bits per heavy atom. The topological polar surface area (TPSA) is 87.6 Å². The summed E-state index contributed by atoms with van der Waals surface area (Å²) in [6.45, 7) is 5.65. The van der Waals surface area contributed by atoms with Crippen LogP contribution in [0.25, 0.3) is 0 Å². The first-order chi connectivity index (χ1) is 9.88. The highest BCUT2D eigenvalue weighted by molar-refractivity contribution is 5.87. The molecule has 0 saturated carbocycles. The molecule has 0 bridgehead atoms. The third-order valence-electron chi connectivity index (χ3n) is 2.74. The molecule has 0 aromatic carbocycles. The number of esters is 2. The fourth-order valence-corrected chi connectivity index (χ4v) is 1.68. The number of carbonyl (C=O) groups excluding carboxylic acids is 2. The Kier molecular flexibility index (Phi) is 6.08. The summed E-state index contributed by atoms with van der Waals surface area (Å²) in [7, 11) is 2.57. The summed E-state index contributed by atoms with van der Waals surface area (Å²) in [4.78, 5) is 23.1. The van der Waals surface area contributed by atoms with E-state index in [9.17, 15) is 9.59 Å². The zero-order valence-electron chi connectivity index (χ0n) is 12.9. The third kappa shape index (κ3) is 4.70. The van der Waals surface area contributed by atoms with E-state index in [2.05, 4.69) is 14.9 Å². The average molecular weight is 296 g/mol. The molecule has 1 aromatic heterocycles. The molecular formula is C14H20N2O5. The highest BCUT2D eigenvalue weighted by Crippen LogP contribution is 2.19. The van der Waals surface area contributed by atoms with Crippen LogP contribution in [-0.4, -0.2) is 42.5 Å². The van der Waals surface area contributed by atoms with Gasteiger partial charge in [-0.1, -0.05) is 13.8 Å². The van der Waals surface area contributed by atoms with Gasteiger partial charge in [0.1, 0.15) is 0 Å². The van der Waals surface area contributed by atoms with Crippen LogP contribution in [-0.2, 0) is 14.3 Å². The quantitative estimate of drug-likeness (QED) is 0.736. The van der Waals surface area contributed by atoms with E-state index in [1.54, 1.807) is 6.92 Å². The Morgan fingerprint density at radius 2 is 1.86 bits per heavy atom. The summed E-state index contributed by atoms with van der Waals surface area (Å²) in [6.07, 6.45) is -0.265. The van der Waals surface area contributed by atoms with E-state index in [4.69, 9.17) is 9.47 Å². The van der Waals surface area contributed by atoms with Crippen molar-refractivity contribution >= 4 is 11.9 Å². The first kappa shape index (κ1) is 16.9. The van der Waals surface area contributed by atoms with Gasteiger partial charge in [0.25, 0.3) is 0 Å². The molecule has 1 heterocycles. The van der Waals surface area contributed by atoms with E-state index in [1.165, 1.54) is 20.3 Å². The van der Waals surface area contributed by atoms with E-state index in [0.29, 0.717) is 12.0 Å². The minimum absolute atomic E-state index is 0.0841. The average Bonchev–Trinajstić information content (AvgIpc) is 2.46. The molecule has 1 aromatic rings. The largest absolute Gasteiger partial charge is 0.466 e. The van der Waals surface area contributed by atoms with Crippen LogP contribution in [0.3, 0.4) is 0 Å². The smallest absolute Gasteiger partial charge is 0.358 e. The number of hydrogen-bond donors (Lipinski definition) is 0. The second-order valence-corrected chi connectivity index (χ2v) is 4.97. The summed E-state index contributed by atoms with van der Waals surface area (Å²) >= 11 is 0. The molecule has 1 unspecified atom stereocenters. The van der Waals surface area contributed by atoms with Gasteiger partial charge in [-0.2, -0.15) is 0 Å². The van der Waals surface area contributed by atoms with E-state index in [-0.39, 0.29) is 17.5 Å². The molecule has 0 aliphatic rings. The second kappa shape index (κ2) is 7.56. The Morgan fingerprint density at radius 1 is 1.19 bits per heavy atom. The second-order valence-electron chi connectivity index (χ2n) is 4.97. The summed E-state index contributed by atoms with van der Waals surface area (Å²) in [6, 6.07) is 1.50. The van der Waals surface area contributed by atoms with Crippen LogP contribution in [0.15, 0.2) is 6.07 Å². The zero-order valence-corrected chi connectivity index (χ0v) is 12.9. The molecule has 0 spiro atoms. The maximum atomic E-state index is 11.7. The standard InChI is InChI=1S/C14H20N2O5/c1-8(2)6-11(14(18)20-5)21-12-9(3)7-10(15-16-12)13(17)19-4/h7-8,11H,6H2,1-5H3. The molecule has 0 aliphatic carbocycles. The van der Waals surface area contributed by atoms with Crippen molar-refractivity contribution < 1.29 is 23.8 Å². The fraction of sp³-hybridized carbons (Fsp3) is 0.571. The fourth-order valence-electron chi connectivity index (χ4n) is 1.68. The van der Waals surface area contributed by atoms with Crippen molar-refractivity contribution in [1.82, 2.24) is 10.2 Å². The molecule has 116 valence electrons. The predicted molar refractivity (Wildman–Crippen MR) is 74.0 cm³/mol. The number of rotatable bonds is 6. The van der Waals surface area contributed by atoms with Crippen molar-refractivity contribution in [3.63, 3.8) is 0 Å². The van der Waals surface area contributed by atoms with Crippen molar-refractivity contribution in [3.8, 4) is 5.88 Å². The maximum Gasteiger partial charge on any atom is 0.358 e. The van der Waals surface area contributed by atoms with Gasteiger partial charge in [0.05, 0.1) is 14.2 Å². The number of ether oxygens (including phenoxy) is 3. The van der Waals surface area contributed by atoms with Crippen LogP contribution in [0.2, 0.25) is 0 Å². The van der Waals surface area contributed by atoms with Gasteiger partial charge in [-0.3, -0.25) is 0 Å². The predicted octanol–water partition coefficient (Wildman–Crippen LogP) is 1.54. The van der Waals surface area contributed by atoms with Crippen LogP contribution in [0.4, 0.5) is 0 Å². The molecule has 0 aliphatic heterocycles. The van der Waals surface area contributed by atoms with Gasteiger partial charge in [-0.25, -0.2) is 9.59 Å². The van der Waals surface area contributed by atoms with Crippen molar-refractivity contribution in [3.05, 3.63) is 17.3 Å². The third-order valence-corrected chi connectivity index (χ3v) is 2.74. The Hall–Kier alpha value is -2.18. The van der Waals surface area contributed by atoms with E-state index in [1.807, 2.05) is 13.8 Å². The molecule has 7 nitrogen and oxygen atoms in total. The molecule has 0 amide bonds. The van der Waals surface area contributed by atoms with Crippen LogP contribution in [0, 0.1) is 12.8 Å².